The van der Waals surface area contributed by atoms with E-state index < -0.39 is 0 Å². The van der Waals surface area contributed by atoms with Crippen molar-refractivity contribution < 1.29 is 14.0 Å². The lowest BCUT2D eigenvalue weighted by Gasteiger charge is -2.43. The van der Waals surface area contributed by atoms with Gasteiger partial charge in [0.15, 0.2) is 6.34 Å². The summed E-state index contributed by atoms with van der Waals surface area (Å²) in [5.41, 5.74) is 5.76. The van der Waals surface area contributed by atoms with Gasteiger partial charge in [-0.15, -0.1) is 0 Å². The number of aliphatic imine (C=N–C) groups is 1. The molecule has 1 amide bonds. The van der Waals surface area contributed by atoms with Crippen LogP contribution < -0.4 is 10.6 Å². The number of allylic oxidation sites excluding steroid dienone is 7. The molecule has 5 rings (SSSR count). The minimum Gasteiger partial charge on any atom is -0.350 e. The summed E-state index contributed by atoms with van der Waals surface area (Å²) in [7, 11) is 3.62. The topological polar surface area (TPSA) is 78.3 Å². The molecule has 1 heterocycles. The molecule has 42 heavy (non-hydrogen) atoms. The zero-order chi connectivity index (χ0) is 30.9. The van der Waals surface area contributed by atoms with E-state index in [9.17, 15) is 9.18 Å². The molecule has 228 valence electrons. The van der Waals surface area contributed by atoms with Gasteiger partial charge in [-0.25, -0.2) is 9.38 Å². The number of hydrogen-bond acceptors (Lipinski definition) is 6. The van der Waals surface area contributed by atoms with E-state index in [0.717, 1.165) is 37.0 Å². The van der Waals surface area contributed by atoms with Crippen LogP contribution in [-0.4, -0.2) is 50.0 Å². The Bertz CT molecular complexity index is 1260. The van der Waals surface area contributed by atoms with Crippen LogP contribution in [0.25, 0.3) is 0 Å². The van der Waals surface area contributed by atoms with Gasteiger partial charge in [0.1, 0.15) is 11.5 Å². The van der Waals surface area contributed by atoms with Gasteiger partial charge in [0.25, 0.3) is 5.91 Å². The van der Waals surface area contributed by atoms with Crippen LogP contribution in [0.2, 0.25) is 0 Å². The smallest absolute Gasteiger partial charge is 0.268 e. The first-order valence-corrected chi connectivity index (χ1v) is 14.8. The summed E-state index contributed by atoms with van der Waals surface area (Å²) < 4.78 is 13.3. The Morgan fingerprint density at radius 2 is 1.90 bits per heavy atom. The molecule has 7 nitrogen and oxygen atoms in total. The van der Waals surface area contributed by atoms with Crippen LogP contribution in [0.4, 0.5) is 4.39 Å². The largest absolute Gasteiger partial charge is 0.350 e. The van der Waals surface area contributed by atoms with E-state index in [1.165, 1.54) is 43.2 Å². The molecule has 5 aliphatic rings. The maximum Gasteiger partial charge on any atom is 0.268 e. The highest BCUT2D eigenvalue weighted by Crippen LogP contribution is 2.56. The zero-order valence-corrected chi connectivity index (χ0v) is 26.1. The van der Waals surface area contributed by atoms with E-state index in [0.29, 0.717) is 29.8 Å². The summed E-state index contributed by atoms with van der Waals surface area (Å²) in [6, 6.07) is 0. The second kappa shape index (κ2) is 14.6. The molecule has 0 spiro atoms. The van der Waals surface area contributed by atoms with Crippen molar-refractivity contribution in [3.63, 3.8) is 0 Å². The Kier molecular flexibility index (Phi) is 11.5. The number of likely N-dealkylation sites (N-methyl/N-ethyl adjacent to an activating group) is 2. The van der Waals surface area contributed by atoms with Gasteiger partial charge in [0.2, 0.25) is 5.88 Å². The number of rotatable bonds is 7. The van der Waals surface area contributed by atoms with E-state index in [2.05, 4.69) is 47.4 Å². The SMILES string of the molecule is C=CC1=N\C=N\OC(=C)N(C)/C(C(=O)NCC23CCCC(C(=C)C)(CC2)CC3)=C\1.CNCC1=C(C)C(C)=C(F)CC=C1. The van der Waals surface area contributed by atoms with Gasteiger partial charge >= 0.3 is 0 Å². The third kappa shape index (κ3) is 7.85. The van der Waals surface area contributed by atoms with Crippen molar-refractivity contribution in [2.75, 3.05) is 27.2 Å². The van der Waals surface area contributed by atoms with E-state index in [1.807, 2.05) is 33.0 Å². The first-order chi connectivity index (χ1) is 20.0. The molecule has 0 atom stereocenters. The number of halogens is 1. The fraction of sp³-hybridized carbons (Fsp3) is 0.500. The van der Waals surface area contributed by atoms with Crippen LogP contribution in [0, 0.1) is 10.8 Å². The van der Waals surface area contributed by atoms with Crippen LogP contribution in [0.3, 0.4) is 0 Å². The Labute approximate surface area is 251 Å². The second-order valence-electron chi connectivity index (χ2n) is 12.0. The molecule has 0 aromatic carbocycles. The number of oxime groups is 1. The van der Waals surface area contributed by atoms with Crippen molar-refractivity contribution >= 4 is 18.0 Å². The van der Waals surface area contributed by atoms with Gasteiger partial charge in [-0.05, 0) is 113 Å². The molecular weight excluding hydrogens is 529 g/mol. The summed E-state index contributed by atoms with van der Waals surface area (Å²) in [5, 5.41) is 9.97. The van der Waals surface area contributed by atoms with Crippen LogP contribution in [0.15, 0.2) is 93.9 Å². The molecule has 3 saturated carbocycles. The highest BCUT2D eigenvalue weighted by molar-refractivity contribution is 6.11. The van der Waals surface area contributed by atoms with Crippen LogP contribution in [0.5, 0.6) is 0 Å². The summed E-state index contributed by atoms with van der Waals surface area (Å²) >= 11 is 0. The molecule has 0 aromatic heterocycles. The van der Waals surface area contributed by atoms with E-state index >= 15 is 0 Å². The molecule has 2 bridgehead atoms. The van der Waals surface area contributed by atoms with Gasteiger partial charge < -0.3 is 20.4 Å². The zero-order valence-electron chi connectivity index (χ0n) is 26.1. The van der Waals surface area contributed by atoms with Crippen LogP contribution in [-0.2, 0) is 9.63 Å². The minimum absolute atomic E-state index is 0.0140. The molecular formula is C34H48FN5O2. The molecule has 0 radical (unpaired) electrons. The van der Waals surface area contributed by atoms with Crippen molar-refractivity contribution in [2.45, 2.75) is 72.1 Å². The number of carbonyl (C=O) groups is 1. The van der Waals surface area contributed by atoms with E-state index in [-0.39, 0.29) is 23.0 Å². The molecule has 0 aromatic rings. The second-order valence-corrected chi connectivity index (χ2v) is 12.0. The number of fused-ring (bicyclic) bond motifs is 4. The standard InChI is InChI=1S/C23H32N4O2.C11H16FN/c1-6-19-14-20(27(5)18(4)29-26-16-25-19)21(28)24-15-22-8-7-9-23(12-10-22,13-11-22)17(2)3;1-8-9(2)11(12)6-4-5-10(8)7-13-3/h6,14,16H,1-2,4,7-13,15H2,3,5H3,(H,24,28);4-5,13H,6-7H2,1-3H3/b20-14-,25-19+,26-16+;. The lowest BCUT2D eigenvalue weighted by molar-refractivity contribution is -0.119. The van der Waals surface area contributed by atoms with Gasteiger partial charge in [-0.3, -0.25) is 4.79 Å². The lowest BCUT2D eigenvalue weighted by Crippen LogP contribution is -2.42. The fourth-order valence-corrected chi connectivity index (χ4v) is 6.21. The van der Waals surface area contributed by atoms with Crippen molar-refractivity contribution in [3.05, 3.63) is 83.7 Å². The fourth-order valence-electron chi connectivity index (χ4n) is 6.21. The predicted molar refractivity (Wildman–Crippen MR) is 171 cm³/mol. The van der Waals surface area contributed by atoms with E-state index in [1.54, 1.807) is 24.1 Å². The quantitative estimate of drug-likeness (QED) is 0.319. The summed E-state index contributed by atoms with van der Waals surface area (Å²) in [6.45, 7) is 19.3. The predicted octanol–water partition coefficient (Wildman–Crippen LogP) is 7.02. The van der Waals surface area contributed by atoms with Crippen molar-refractivity contribution in [3.8, 4) is 0 Å². The Morgan fingerprint density at radius 3 is 2.55 bits per heavy atom. The molecule has 1 aliphatic heterocycles. The monoisotopic (exact) mass is 577 g/mol. The maximum absolute atomic E-state index is 13.3. The molecule has 2 N–H and O–H groups in total. The first-order valence-electron chi connectivity index (χ1n) is 14.8. The number of nitrogens with one attached hydrogen (secondary N) is 2. The van der Waals surface area contributed by atoms with Crippen molar-refractivity contribution in [1.82, 2.24) is 15.5 Å². The first kappa shape index (κ1) is 33.0. The number of hydrogen-bond donors (Lipinski definition) is 2. The Morgan fingerprint density at radius 1 is 1.19 bits per heavy atom. The van der Waals surface area contributed by atoms with Crippen LogP contribution >= 0.6 is 0 Å². The van der Waals surface area contributed by atoms with E-state index in [4.69, 9.17) is 4.84 Å². The molecule has 8 heteroatoms. The average Bonchev–Trinajstić information content (AvgIpc) is 3.32. The van der Waals surface area contributed by atoms with Gasteiger partial charge in [-0.1, -0.05) is 42.5 Å². The van der Waals surface area contributed by atoms with Crippen molar-refractivity contribution in [1.29, 1.82) is 0 Å². The van der Waals surface area contributed by atoms with Crippen LogP contribution in [0.1, 0.15) is 72.1 Å². The number of nitrogens with zero attached hydrogens (tertiary/aromatic N) is 3. The highest BCUT2D eigenvalue weighted by Gasteiger charge is 2.46. The average molecular weight is 578 g/mol. The highest BCUT2D eigenvalue weighted by atomic mass is 19.1. The lowest BCUT2D eigenvalue weighted by atomic mass is 9.63. The summed E-state index contributed by atoms with van der Waals surface area (Å²) in [4.78, 5) is 24.0. The normalized spacial score (nSPS) is 29.2. The van der Waals surface area contributed by atoms with Gasteiger partial charge in [0.05, 0.1) is 5.71 Å². The maximum atomic E-state index is 13.3. The number of carbonyl (C=O) groups excluding carboxylic acids is 1. The van der Waals surface area contributed by atoms with Crippen molar-refractivity contribution in [2.24, 2.45) is 21.0 Å². The molecule has 3 fully saturated rings. The van der Waals surface area contributed by atoms with Gasteiger partial charge in [-0.2, -0.15) is 0 Å². The Balaban J connectivity index is 0.000000312. The Hall–Kier alpha value is -3.52. The molecule has 4 aliphatic carbocycles. The summed E-state index contributed by atoms with van der Waals surface area (Å²) in [5.74, 6) is 0.0589. The minimum atomic E-state index is -0.177. The van der Waals surface area contributed by atoms with Gasteiger partial charge in [0, 0.05) is 26.6 Å². The third-order valence-electron chi connectivity index (χ3n) is 9.47. The third-order valence-corrected chi connectivity index (χ3v) is 9.47. The molecule has 0 saturated heterocycles. The molecule has 0 unspecified atom stereocenters. The summed E-state index contributed by atoms with van der Waals surface area (Å²) in [6.07, 6.45) is 17.0. The number of amides is 1.